The smallest absolute Gasteiger partial charge is 0.0111 e. The van der Waals surface area contributed by atoms with Crippen LogP contribution in [0.5, 0.6) is 0 Å². The molecule has 0 aromatic heterocycles. The average molecular weight is 250 g/mol. The average Bonchev–Trinajstić information content (AvgIpc) is 3.07. The molecule has 2 N–H and O–H groups in total. The molecule has 2 aliphatic carbocycles. The first kappa shape index (κ1) is 12.9. The van der Waals surface area contributed by atoms with Crippen molar-refractivity contribution in [1.82, 2.24) is 10.6 Å². The normalized spacial score (nSPS) is 44.8. The van der Waals surface area contributed by atoms with E-state index in [1.54, 1.807) is 0 Å². The zero-order valence-corrected chi connectivity index (χ0v) is 12.0. The minimum atomic E-state index is 0.813. The summed E-state index contributed by atoms with van der Waals surface area (Å²) in [6.45, 7) is 4.99. The predicted octanol–water partition coefficient (Wildman–Crippen LogP) is 2.93. The third-order valence-corrected chi connectivity index (χ3v) is 5.87. The topological polar surface area (TPSA) is 24.1 Å². The molecule has 0 amide bonds. The van der Waals surface area contributed by atoms with Crippen molar-refractivity contribution in [2.45, 2.75) is 70.4 Å². The van der Waals surface area contributed by atoms with Gasteiger partial charge in [0.25, 0.3) is 0 Å². The van der Waals surface area contributed by atoms with E-state index in [-0.39, 0.29) is 0 Å². The van der Waals surface area contributed by atoms with Gasteiger partial charge in [0.15, 0.2) is 0 Å². The second-order valence-electron chi connectivity index (χ2n) is 6.98. The Balaban J connectivity index is 1.48. The summed E-state index contributed by atoms with van der Waals surface area (Å²) in [6.07, 6.45) is 11.5. The highest BCUT2D eigenvalue weighted by molar-refractivity contribution is 4.93. The fraction of sp³-hybridized carbons (Fsp3) is 1.00. The van der Waals surface area contributed by atoms with E-state index >= 15 is 0 Å². The van der Waals surface area contributed by atoms with Gasteiger partial charge in [-0.25, -0.2) is 0 Å². The molecule has 3 fully saturated rings. The van der Waals surface area contributed by atoms with Crippen LogP contribution in [-0.4, -0.2) is 25.2 Å². The van der Waals surface area contributed by atoms with E-state index in [0.717, 1.165) is 29.8 Å². The molecule has 1 saturated heterocycles. The minimum absolute atomic E-state index is 0.813. The van der Waals surface area contributed by atoms with E-state index in [0.29, 0.717) is 0 Å². The monoisotopic (exact) mass is 250 g/mol. The molecule has 1 heterocycles. The maximum Gasteiger partial charge on any atom is 0.0111 e. The summed E-state index contributed by atoms with van der Waals surface area (Å²) >= 11 is 0. The van der Waals surface area contributed by atoms with Gasteiger partial charge in [0, 0.05) is 12.1 Å². The van der Waals surface area contributed by atoms with E-state index < -0.39 is 0 Å². The Morgan fingerprint density at radius 3 is 2.61 bits per heavy atom. The summed E-state index contributed by atoms with van der Waals surface area (Å²) in [5.74, 6) is 2.84. The Morgan fingerprint density at radius 2 is 1.89 bits per heavy atom. The summed E-state index contributed by atoms with van der Waals surface area (Å²) in [5.41, 5.74) is 0. The van der Waals surface area contributed by atoms with Crippen molar-refractivity contribution >= 4 is 0 Å². The summed E-state index contributed by atoms with van der Waals surface area (Å²) in [6, 6.07) is 1.64. The van der Waals surface area contributed by atoms with Crippen LogP contribution in [0.15, 0.2) is 0 Å². The van der Waals surface area contributed by atoms with E-state index in [4.69, 9.17) is 0 Å². The van der Waals surface area contributed by atoms with Crippen LogP contribution in [0.1, 0.15) is 58.3 Å². The van der Waals surface area contributed by atoms with Gasteiger partial charge in [-0.2, -0.15) is 0 Å². The Bertz CT molecular complexity index is 260. The molecule has 5 atom stereocenters. The Labute approximate surface area is 112 Å². The van der Waals surface area contributed by atoms with E-state index in [9.17, 15) is 0 Å². The van der Waals surface area contributed by atoms with Crippen molar-refractivity contribution in [3.8, 4) is 0 Å². The Morgan fingerprint density at radius 1 is 1.00 bits per heavy atom. The third kappa shape index (κ3) is 2.75. The predicted molar refractivity (Wildman–Crippen MR) is 76.7 cm³/mol. The molecule has 0 bridgehead atoms. The van der Waals surface area contributed by atoms with E-state index in [1.165, 1.54) is 64.5 Å². The fourth-order valence-electron chi connectivity index (χ4n) is 4.63. The number of nitrogens with one attached hydrogen (secondary N) is 2. The lowest BCUT2D eigenvalue weighted by Gasteiger charge is -2.28. The highest BCUT2D eigenvalue weighted by Gasteiger charge is 2.35. The largest absolute Gasteiger partial charge is 0.314 e. The van der Waals surface area contributed by atoms with Crippen molar-refractivity contribution in [3.63, 3.8) is 0 Å². The van der Waals surface area contributed by atoms with Crippen molar-refractivity contribution in [2.75, 3.05) is 13.1 Å². The van der Waals surface area contributed by atoms with Gasteiger partial charge >= 0.3 is 0 Å². The second-order valence-corrected chi connectivity index (χ2v) is 6.98. The van der Waals surface area contributed by atoms with Gasteiger partial charge in [0.05, 0.1) is 0 Å². The molecule has 18 heavy (non-hydrogen) atoms. The van der Waals surface area contributed by atoms with Crippen LogP contribution in [0.25, 0.3) is 0 Å². The molecule has 2 nitrogen and oxygen atoms in total. The van der Waals surface area contributed by atoms with Gasteiger partial charge < -0.3 is 10.6 Å². The molecule has 2 saturated carbocycles. The van der Waals surface area contributed by atoms with Crippen LogP contribution < -0.4 is 10.6 Å². The molecule has 0 spiro atoms. The van der Waals surface area contributed by atoms with Crippen molar-refractivity contribution in [1.29, 1.82) is 0 Å². The highest BCUT2D eigenvalue weighted by atomic mass is 15.0. The van der Waals surface area contributed by atoms with Crippen molar-refractivity contribution in [2.24, 2.45) is 17.8 Å². The zero-order valence-electron chi connectivity index (χ0n) is 12.0. The fourth-order valence-corrected chi connectivity index (χ4v) is 4.63. The first-order valence-corrected chi connectivity index (χ1v) is 8.31. The number of rotatable bonds is 4. The molecule has 0 aromatic rings. The van der Waals surface area contributed by atoms with Crippen LogP contribution in [0.2, 0.25) is 0 Å². The van der Waals surface area contributed by atoms with Crippen LogP contribution in [0, 0.1) is 17.8 Å². The van der Waals surface area contributed by atoms with Gasteiger partial charge in [0.2, 0.25) is 0 Å². The molecule has 0 aromatic carbocycles. The lowest BCUT2D eigenvalue weighted by atomic mass is 9.92. The summed E-state index contributed by atoms with van der Waals surface area (Å²) in [5, 5.41) is 7.67. The highest BCUT2D eigenvalue weighted by Crippen LogP contribution is 2.34. The third-order valence-electron chi connectivity index (χ3n) is 5.87. The van der Waals surface area contributed by atoms with Gasteiger partial charge in [-0.05, 0) is 62.9 Å². The lowest BCUT2D eigenvalue weighted by Crippen LogP contribution is -2.43. The van der Waals surface area contributed by atoms with Crippen molar-refractivity contribution < 1.29 is 0 Å². The minimum Gasteiger partial charge on any atom is -0.314 e. The maximum atomic E-state index is 3.94. The molecule has 0 radical (unpaired) electrons. The van der Waals surface area contributed by atoms with Crippen LogP contribution in [-0.2, 0) is 0 Å². The molecule has 3 aliphatic rings. The van der Waals surface area contributed by atoms with Gasteiger partial charge in [0.1, 0.15) is 0 Å². The van der Waals surface area contributed by atoms with E-state index in [1.807, 2.05) is 0 Å². The summed E-state index contributed by atoms with van der Waals surface area (Å²) < 4.78 is 0. The van der Waals surface area contributed by atoms with Crippen molar-refractivity contribution in [3.05, 3.63) is 0 Å². The molecule has 1 aliphatic heterocycles. The van der Waals surface area contributed by atoms with Gasteiger partial charge in [-0.1, -0.05) is 26.2 Å². The SMILES string of the molecule is CC1CCCC1CNC1CCCC1C1CCCN1. The quantitative estimate of drug-likeness (QED) is 0.801. The number of hydrogen-bond donors (Lipinski definition) is 2. The molecular formula is C16H30N2. The Kier molecular flexibility index (Phi) is 4.25. The second kappa shape index (κ2) is 5.92. The standard InChI is InChI=1S/C16H30N2/c1-12-5-2-6-13(12)11-18-16-8-3-7-14(16)15-9-4-10-17-15/h12-18H,2-11H2,1H3. The van der Waals surface area contributed by atoms with Crippen LogP contribution in [0.4, 0.5) is 0 Å². The van der Waals surface area contributed by atoms with Crippen LogP contribution in [0.3, 0.4) is 0 Å². The number of hydrogen-bond acceptors (Lipinski definition) is 2. The summed E-state index contributed by atoms with van der Waals surface area (Å²) in [7, 11) is 0. The molecule has 3 rings (SSSR count). The van der Waals surface area contributed by atoms with Gasteiger partial charge in [-0.15, -0.1) is 0 Å². The van der Waals surface area contributed by atoms with E-state index in [2.05, 4.69) is 17.6 Å². The first-order valence-electron chi connectivity index (χ1n) is 8.31. The van der Waals surface area contributed by atoms with Gasteiger partial charge in [-0.3, -0.25) is 0 Å². The first-order chi connectivity index (χ1) is 8.84. The molecule has 5 unspecified atom stereocenters. The molecule has 2 heteroatoms. The maximum absolute atomic E-state index is 3.94. The summed E-state index contributed by atoms with van der Waals surface area (Å²) in [4.78, 5) is 0. The Hall–Kier alpha value is -0.0800. The molecular weight excluding hydrogens is 220 g/mol. The zero-order chi connectivity index (χ0) is 12.4. The van der Waals surface area contributed by atoms with Crippen LogP contribution >= 0.6 is 0 Å². The molecule has 104 valence electrons. The lowest BCUT2D eigenvalue weighted by molar-refractivity contribution is 0.292.